The van der Waals surface area contributed by atoms with Gasteiger partial charge in [-0.3, -0.25) is 0 Å². The van der Waals surface area contributed by atoms with E-state index in [4.69, 9.17) is 5.14 Å². The Balaban J connectivity index is 2.61. The summed E-state index contributed by atoms with van der Waals surface area (Å²) in [6.45, 7) is 8.26. The van der Waals surface area contributed by atoms with Crippen molar-refractivity contribution in [2.75, 3.05) is 0 Å². The van der Waals surface area contributed by atoms with Crippen molar-refractivity contribution in [2.24, 2.45) is 5.14 Å². The molecule has 0 bridgehead atoms. The fraction of sp³-hybridized carbons (Fsp3) is 0.267. The lowest BCUT2D eigenvalue weighted by Crippen LogP contribution is -2.38. The monoisotopic (exact) mass is 291 g/mol. The van der Waals surface area contributed by atoms with Crippen LogP contribution in [0.1, 0.15) is 22.5 Å². The molecular formula is C15H19N2O2S+. The molecule has 0 spiro atoms. The molecule has 2 N–H and O–H groups in total. The summed E-state index contributed by atoms with van der Waals surface area (Å²) in [6.07, 6.45) is 0. The summed E-state index contributed by atoms with van der Waals surface area (Å²) in [5, 5.41) is 5.11. The van der Waals surface area contributed by atoms with Crippen molar-refractivity contribution in [3.05, 3.63) is 52.8 Å². The van der Waals surface area contributed by atoms with E-state index >= 15 is 0 Å². The number of nitrogens with two attached hydrogens (primary N) is 1. The number of hydrogen-bond donors (Lipinski definition) is 1. The van der Waals surface area contributed by atoms with E-state index in [9.17, 15) is 8.42 Å². The van der Waals surface area contributed by atoms with Gasteiger partial charge in [0, 0.05) is 37.6 Å². The number of benzene rings is 1. The molecule has 0 fully saturated rings. The van der Waals surface area contributed by atoms with Crippen LogP contribution in [0, 0.1) is 27.7 Å². The lowest BCUT2D eigenvalue weighted by Gasteiger charge is -2.08. The Morgan fingerprint density at radius 3 is 2.05 bits per heavy atom. The van der Waals surface area contributed by atoms with Gasteiger partial charge in [-0.15, -0.1) is 0 Å². The minimum atomic E-state index is -3.65. The Bertz CT molecular complexity index is 763. The van der Waals surface area contributed by atoms with Gasteiger partial charge < -0.3 is 0 Å². The van der Waals surface area contributed by atoms with Crippen molar-refractivity contribution < 1.29 is 13.0 Å². The highest BCUT2D eigenvalue weighted by Gasteiger charge is 2.19. The van der Waals surface area contributed by atoms with Crippen LogP contribution < -0.4 is 9.71 Å². The van der Waals surface area contributed by atoms with Crippen molar-refractivity contribution in [1.29, 1.82) is 0 Å². The van der Waals surface area contributed by atoms with E-state index in [-0.39, 0.29) is 4.90 Å². The molecule has 0 saturated carbocycles. The van der Waals surface area contributed by atoms with Crippen molar-refractivity contribution in [1.82, 2.24) is 0 Å². The molecule has 20 heavy (non-hydrogen) atoms. The van der Waals surface area contributed by atoms with Crippen LogP contribution in [0.15, 0.2) is 35.2 Å². The molecule has 106 valence electrons. The Labute approximate surface area is 119 Å². The predicted molar refractivity (Wildman–Crippen MR) is 78.3 cm³/mol. The number of pyridine rings is 1. The number of rotatable bonds is 2. The first kappa shape index (κ1) is 14.7. The quantitative estimate of drug-likeness (QED) is 0.858. The zero-order valence-corrected chi connectivity index (χ0v) is 13.0. The standard InChI is InChI=1S/C15H19N2O2S/c1-10-9-11(2)17(13(4)12(10)3)14-5-7-15(8-6-14)20(16,18)19/h5-9H,1-4H3,(H2,16,18,19)/q+1. The Kier molecular flexibility index (Phi) is 3.67. The normalized spacial score (nSPS) is 11.7. The zero-order valence-electron chi connectivity index (χ0n) is 12.1. The van der Waals surface area contributed by atoms with Gasteiger partial charge in [0.2, 0.25) is 15.7 Å². The van der Waals surface area contributed by atoms with Crippen molar-refractivity contribution in [2.45, 2.75) is 32.6 Å². The van der Waals surface area contributed by atoms with Crippen molar-refractivity contribution in [3.63, 3.8) is 0 Å². The minimum absolute atomic E-state index is 0.126. The van der Waals surface area contributed by atoms with Crippen molar-refractivity contribution in [3.8, 4) is 5.69 Å². The molecule has 0 unspecified atom stereocenters. The van der Waals surface area contributed by atoms with Crippen LogP contribution in [0.3, 0.4) is 0 Å². The summed E-state index contributed by atoms with van der Waals surface area (Å²) < 4.78 is 24.7. The second-order valence-electron chi connectivity index (χ2n) is 5.05. The predicted octanol–water partition coefficient (Wildman–Crippen LogP) is 1.84. The molecule has 2 aromatic rings. The number of sulfonamides is 1. The molecule has 4 nitrogen and oxygen atoms in total. The van der Waals surface area contributed by atoms with Crippen LogP contribution in [0.5, 0.6) is 0 Å². The first-order valence-electron chi connectivity index (χ1n) is 6.34. The molecule has 0 atom stereocenters. The third kappa shape index (κ3) is 2.59. The molecule has 1 heterocycles. The Morgan fingerprint density at radius 1 is 1.00 bits per heavy atom. The Morgan fingerprint density at radius 2 is 1.55 bits per heavy atom. The molecule has 0 saturated heterocycles. The summed E-state index contributed by atoms with van der Waals surface area (Å²) >= 11 is 0. The van der Waals surface area contributed by atoms with Crippen LogP contribution in [0.25, 0.3) is 5.69 Å². The van der Waals surface area contributed by atoms with Gasteiger partial charge in [-0.05, 0) is 31.5 Å². The van der Waals surface area contributed by atoms with E-state index in [2.05, 4.69) is 31.4 Å². The molecule has 0 aliphatic rings. The number of primary sulfonamides is 1. The summed E-state index contributed by atoms with van der Waals surface area (Å²) in [6, 6.07) is 8.73. The van der Waals surface area contributed by atoms with E-state index in [1.165, 1.54) is 23.3 Å². The highest BCUT2D eigenvalue weighted by molar-refractivity contribution is 7.89. The summed E-state index contributed by atoms with van der Waals surface area (Å²) in [4.78, 5) is 0.126. The minimum Gasteiger partial charge on any atom is -0.225 e. The van der Waals surface area contributed by atoms with E-state index in [1.54, 1.807) is 12.1 Å². The summed E-state index contributed by atoms with van der Waals surface area (Å²) in [5.41, 5.74) is 5.65. The Hall–Kier alpha value is -1.72. The fourth-order valence-corrected chi connectivity index (χ4v) is 2.90. The lowest BCUT2D eigenvalue weighted by molar-refractivity contribution is -0.610. The molecule has 1 aromatic carbocycles. The maximum Gasteiger partial charge on any atom is 0.238 e. The average Bonchev–Trinajstić information content (AvgIpc) is 2.36. The lowest BCUT2D eigenvalue weighted by atomic mass is 10.1. The first-order chi connectivity index (χ1) is 9.21. The number of hydrogen-bond acceptors (Lipinski definition) is 2. The van der Waals surface area contributed by atoms with E-state index in [1.807, 2.05) is 6.92 Å². The van der Waals surface area contributed by atoms with Gasteiger partial charge in [-0.2, -0.15) is 4.57 Å². The highest BCUT2D eigenvalue weighted by Crippen LogP contribution is 2.14. The fourth-order valence-electron chi connectivity index (χ4n) is 2.39. The van der Waals surface area contributed by atoms with Crippen molar-refractivity contribution >= 4 is 10.0 Å². The van der Waals surface area contributed by atoms with Crippen LogP contribution >= 0.6 is 0 Å². The van der Waals surface area contributed by atoms with Gasteiger partial charge in [0.1, 0.15) is 0 Å². The van der Waals surface area contributed by atoms with Gasteiger partial charge in [-0.25, -0.2) is 13.6 Å². The first-order valence-corrected chi connectivity index (χ1v) is 7.89. The average molecular weight is 291 g/mol. The third-order valence-corrected chi connectivity index (χ3v) is 4.60. The summed E-state index contributed by atoms with van der Waals surface area (Å²) in [7, 11) is -3.65. The molecule has 5 heteroatoms. The topological polar surface area (TPSA) is 64.0 Å². The van der Waals surface area contributed by atoms with E-state index < -0.39 is 10.0 Å². The summed E-state index contributed by atoms with van der Waals surface area (Å²) in [5.74, 6) is 0. The molecular weight excluding hydrogens is 272 g/mol. The van der Waals surface area contributed by atoms with E-state index in [0.717, 1.165) is 17.1 Å². The van der Waals surface area contributed by atoms with Gasteiger partial charge in [0.15, 0.2) is 11.4 Å². The zero-order chi connectivity index (χ0) is 15.1. The molecule has 0 aliphatic heterocycles. The highest BCUT2D eigenvalue weighted by atomic mass is 32.2. The smallest absolute Gasteiger partial charge is 0.225 e. The van der Waals surface area contributed by atoms with Gasteiger partial charge in [-0.1, -0.05) is 0 Å². The van der Waals surface area contributed by atoms with Crippen LogP contribution in [-0.4, -0.2) is 8.42 Å². The maximum absolute atomic E-state index is 11.3. The van der Waals surface area contributed by atoms with Crippen LogP contribution in [0.2, 0.25) is 0 Å². The van der Waals surface area contributed by atoms with E-state index in [0.29, 0.717) is 0 Å². The SMILES string of the molecule is Cc1cc(C)[n+](-c2ccc(S(N)(=O)=O)cc2)c(C)c1C. The largest absolute Gasteiger partial charge is 0.238 e. The number of aryl methyl sites for hydroxylation is 2. The maximum atomic E-state index is 11.3. The van der Waals surface area contributed by atoms with Gasteiger partial charge >= 0.3 is 0 Å². The molecule has 0 amide bonds. The second-order valence-corrected chi connectivity index (χ2v) is 6.61. The molecule has 1 aromatic heterocycles. The second kappa shape index (κ2) is 5.00. The third-order valence-electron chi connectivity index (χ3n) is 3.67. The molecule has 2 rings (SSSR count). The number of aromatic nitrogens is 1. The van der Waals surface area contributed by atoms with Gasteiger partial charge in [0.05, 0.1) is 4.90 Å². The molecule has 0 radical (unpaired) electrons. The number of nitrogens with zero attached hydrogens (tertiary/aromatic N) is 1. The molecule has 0 aliphatic carbocycles. The van der Waals surface area contributed by atoms with Gasteiger partial charge in [0.25, 0.3) is 0 Å². The van der Waals surface area contributed by atoms with Crippen LogP contribution in [-0.2, 0) is 10.0 Å². The van der Waals surface area contributed by atoms with Crippen LogP contribution in [0.4, 0.5) is 0 Å².